The van der Waals surface area contributed by atoms with Crippen molar-refractivity contribution in [2.75, 3.05) is 23.0 Å². The topological polar surface area (TPSA) is 122 Å². The molecule has 0 saturated carbocycles. The highest BCUT2D eigenvalue weighted by atomic mass is 35.5. The van der Waals surface area contributed by atoms with Crippen LogP contribution in [0.5, 0.6) is 5.75 Å². The molecule has 204 valence electrons. The van der Waals surface area contributed by atoms with Gasteiger partial charge in [-0.3, -0.25) is 9.10 Å². The van der Waals surface area contributed by atoms with Crippen LogP contribution in [-0.4, -0.2) is 42.2 Å². The zero-order valence-corrected chi connectivity index (χ0v) is 24.2. The van der Waals surface area contributed by atoms with Crippen molar-refractivity contribution in [1.82, 2.24) is 4.72 Å². The van der Waals surface area contributed by atoms with Crippen LogP contribution in [0.1, 0.15) is 29.8 Å². The van der Waals surface area contributed by atoms with E-state index in [1.165, 1.54) is 37.4 Å². The number of hydrogen-bond acceptors (Lipinski definition) is 6. The number of methoxy groups -OCH3 is 1. The second-order valence-electron chi connectivity index (χ2n) is 8.63. The van der Waals surface area contributed by atoms with Crippen LogP contribution in [0.15, 0.2) is 65.6 Å². The average Bonchev–Trinajstić information content (AvgIpc) is 2.83. The molecule has 3 aromatic rings. The third kappa shape index (κ3) is 7.17. The first-order valence-electron chi connectivity index (χ1n) is 11.3. The van der Waals surface area contributed by atoms with Gasteiger partial charge in [-0.1, -0.05) is 41.4 Å². The lowest BCUT2D eigenvalue weighted by Crippen LogP contribution is -2.30. The molecule has 0 spiro atoms. The van der Waals surface area contributed by atoms with Gasteiger partial charge in [0, 0.05) is 11.6 Å². The number of carbonyl (C=O) groups excluding carboxylic acids is 1. The number of halogens is 2. The number of nitrogens with one attached hydrogen (secondary N) is 2. The number of carbonyl (C=O) groups is 1. The van der Waals surface area contributed by atoms with Gasteiger partial charge in [0.25, 0.3) is 5.91 Å². The van der Waals surface area contributed by atoms with Gasteiger partial charge < -0.3 is 10.1 Å². The minimum atomic E-state index is -3.79. The predicted molar refractivity (Wildman–Crippen MR) is 150 cm³/mol. The summed E-state index contributed by atoms with van der Waals surface area (Å²) >= 11 is 12.3. The number of benzene rings is 3. The molecule has 0 heterocycles. The zero-order valence-electron chi connectivity index (χ0n) is 21.0. The van der Waals surface area contributed by atoms with Gasteiger partial charge in [-0.25, -0.2) is 21.6 Å². The van der Waals surface area contributed by atoms with Crippen LogP contribution >= 0.6 is 23.2 Å². The quantitative estimate of drug-likeness (QED) is 0.341. The van der Waals surface area contributed by atoms with E-state index in [9.17, 15) is 21.6 Å². The van der Waals surface area contributed by atoms with Gasteiger partial charge in [-0.05, 0) is 61.9 Å². The molecule has 0 saturated heterocycles. The normalized spacial score (nSPS) is 11.9. The monoisotopic (exact) mass is 599 g/mol. The minimum Gasteiger partial charge on any atom is -0.495 e. The molecule has 0 atom stereocenters. The maximum atomic E-state index is 12.9. The molecule has 0 unspecified atom stereocenters. The molecular weight excluding hydrogens is 573 g/mol. The van der Waals surface area contributed by atoms with Gasteiger partial charge in [0.1, 0.15) is 5.75 Å². The number of rotatable bonds is 10. The summed E-state index contributed by atoms with van der Waals surface area (Å²) in [6, 6.07) is 14.8. The molecule has 0 aliphatic heterocycles. The highest BCUT2D eigenvalue weighted by molar-refractivity contribution is 7.92. The van der Waals surface area contributed by atoms with E-state index < -0.39 is 26.0 Å². The molecule has 0 bridgehead atoms. The van der Waals surface area contributed by atoms with Crippen molar-refractivity contribution >= 4 is 60.5 Å². The van der Waals surface area contributed by atoms with Crippen LogP contribution in [0.3, 0.4) is 0 Å². The SMILES string of the molecule is COc1ccc(S(=O)(=O)NC(C)C)cc1NC(=O)c1ccc(CN(c2cccc(Cl)c2Cl)S(C)(=O)=O)cc1. The zero-order chi connectivity index (χ0) is 28.3. The molecule has 9 nitrogen and oxygen atoms in total. The summed E-state index contributed by atoms with van der Waals surface area (Å²) in [7, 11) is -6.10. The molecule has 0 fully saturated rings. The van der Waals surface area contributed by atoms with E-state index in [-0.39, 0.29) is 50.2 Å². The number of nitrogens with zero attached hydrogens (tertiary/aromatic N) is 1. The van der Waals surface area contributed by atoms with E-state index in [4.69, 9.17) is 27.9 Å². The summed E-state index contributed by atoms with van der Waals surface area (Å²) in [4.78, 5) is 12.9. The Labute approximate surface area is 232 Å². The summed E-state index contributed by atoms with van der Waals surface area (Å²) in [6.45, 7) is 3.36. The van der Waals surface area contributed by atoms with Gasteiger partial charge in [0.15, 0.2) is 0 Å². The molecule has 13 heteroatoms. The summed E-state index contributed by atoms with van der Waals surface area (Å²) in [5.41, 5.74) is 1.26. The lowest BCUT2D eigenvalue weighted by atomic mass is 10.1. The molecule has 2 N–H and O–H groups in total. The number of sulfonamides is 2. The van der Waals surface area contributed by atoms with Crippen molar-refractivity contribution < 1.29 is 26.4 Å². The number of ether oxygens (including phenoxy) is 1. The molecule has 3 aromatic carbocycles. The van der Waals surface area contributed by atoms with Gasteiger partial charge in [-0.15, -0.1) is 0 Å². The number of anilines is 2. The maximum absolute atomic E-state index is 12.9. The smallest absolute Gasteiger partial charge is 0.255 e. The Balaban J connectivity index is 1.84. The van der Waals surface area contributed by atoms with Crippen LogP contribution in [-0.2, 0) is 26.6 Å². The Morgan fingerprint density at radius 3 is 2.24 bits per heavy atom. The van der Waals surface area contributed by atoms with E-state index >= 15 is 0 Å². The maximum Gasteiger partial charge on any atom is 0.255 e. The molecule has 1 amide bonds. The average molecular weight is 601 g/mol. The minimum absolute atomic E-state index is 0.0295. The fourth-order valence-corrected chi connectivity index (χ4v) is 6.14. The lowest BCUT2D eigenvalue weighted by Gasteiger charge is -2.24. The highest BCUT2D eigenvalue weighted by Gasteiger charge is 2.22. The Kier molecular flexibility index (Phi) is 9.32. The summed E-state index contributed by atoms with van der Waals surface area (Å²) < 4.78 is 59.0. The van der Waals surface area contributed by atoms with Crippen LogP contribution in [0, 0.1) is 0 Å². The van der Waals surface area contributed by atoms with E-state index in [0.717, 1.165) is 10.6 Å². The molecular formula is C25H27Cl2N3O6S2. The van der Waals surface area contributed by atoms with Crippen molar-refractivity contribution in [3.8, 4) is 5.75 Å². The van der Waals surface area contributed by atoms with Crippen LogP contribution < -0.4 is 19.1 Å². The second-order valence-corrected chi connectivity index (χ2v) is 13.0. The second kappa shape index (κ2) is 11.9. The lowest BCUT2D eigenvalue weighted by molar-refractivity contribution is 0.102. The van der Waals surface area contributed by atoms with E-state index in [2.05, 4.69) is 10.0 Å². The Hall–Kier alpha value is -2.83. The number of amides is 1. The fourth-order valence-electron chi connectivity index (χ4n) is 3.52. The molecule has 0 aliphatic rings. The van der Waals surface area contributed by atoms with Crippen LogP contribution in [0.4, 0.5) is 11.4 Å². The molecule has 0 radical (unpaired) electrons. The van der Waals surface area contributed by atoms with E-state index in [0.29, 0.717) is 5.56 Å². The molecule has 0 aromatic heterocycles. The molecule has 3 rings (SSSR count). The molecule has 38 heavy (non-hydrogen) atoms. The first-order valence-corrected chi connectivity index (χ1v) is 15.3. The van der Waals surface area contributed by atoms with Gasteiger partial charge >= 0.3 is 0 Å². The fraction of sp³-hybridized carbons (Fsp3) is 0.240. The Bertz CT molecular complexity index is 1540. The standard InChI is InChI=1S/C25H27Cl2N3O6S2/c1-16(2)29-38(34,35)19-12-13-23(36-3)21(14-19)28-25(31)18-10-8-17(9-11-18)15-30(37(4,32)33)22-7-5-6-20(26)24(22)27/h5-14,16,29H,15H2,1-4H3,(H,28,31). The van der Waals surface area contributed by atoms with Crippen molar-refractivity contribution in [2.45, 2.75) is 31.3 Å². The van der Waals surface area contributed by atoms with Gasteiger partial charge in [0.05, 0.1) is 46.2 Å². The van der Waals surface area contributed by atoms with Crippen molar-refractivity contribution in [3.05, 3.63) is 81.8 Å². The third-order valence-electron chi connectivity index (χ3n) is 5.26. The largest absolute Gasteiger partial charge is 0.495 e. The molecule has 0 aliphatic carbocycles. The van der Waals surface area contributed by atoms with E-state index in [1.807, 2.05) is 0 Å². The Morgan fingerprint density at radius 2 is 1.66 bits per heavy atom. The van der Waals surface area contributed by atoms with Crippen LogP contribution in [0.25, 0.3) is 0 Å². The van der Waals surface area contributed by atoms with Crippen molar-refractivity contribution in [1.29, 1.82) is 0 Å². The number of hydrogen-bond donors (Lipinski definition) is 2. The van der Waals surface area contributed by atoms with E-state index in [1.54, 1.807) is 44.2 Å². The van der Waals surface area contributed by atoms with Crippen molar-refractivity contribution in [3.63, 3.8) is 0 Å². The predicted octanol–water partition coefficient (Wildman–Crippen LogP) is 4.91. The van der Waals surface area contributed by atoms with Gasteiger partial charge in [0.2, 0.25) is 20.0 Å². The first kappa shape index (κ1) is 29.7. The summed E-state index contributed by atoms with van der Waals surface area (Å²) in [5, 5.41) is 3.00. The Morgan fingerprint density at radius 1 is 1.00 bits per heavy atom. The van der Waals surface area contributed by atoms with Crippen molar-refractivity contribution in [2.24, 2.45) is 0 Å². The third-order valence-corrected chi connectivity index (χ3v) is 8.85. The summed E-state index contributed by atoms with van der Waals surface area (Å²) in [6.07, 6.45) is 1.06. The summed E-state index contributed by atoms with van der Waals surface area (Å²) in [5.74, 6) is -0.236. The first-order chi connectivity index (χ1) is 17.7. The van der Waals surface area contributed by atoms with Crippen LogP contribution in [0.2, 0.25) is 10.0 Å². The van der Waals surface area contributed by atoms with Gasteiger partial charge in [-0.2, -0.15) is 0 Å². The highest BCUT2D eigenvalue weighted by Crippen LogP contribution is 2.34.